The molecule has 1 unspecified atom stereocenters. The lowest BCUT2D eigenvalue weighted by Crippen LogP contribution is -2.54. The third kappa shape index (κ3) is 2.27. The fraction of sp³-hybridized carbons (Fsp3) is 0.600. The number of likely N-dealkylation sites (tertiary alicyclic amines) is 1. The molecule has 2 saturated heterocycles. The van der Waals surface area contributed by atoms with E-state index in [0.29, 0.717) is 6.54 Å². The van der Waals surface area contributed by atoms with Crippen molar-refractivity contribution in [2.75, 3.05) is 26.7 Å². The Morgan fingerprint density at radius 3 is 2.29 bits per heavy atom. The summed E-state index contributed by atoms with van der Waals surface area (Å²) in [6, 6.07) is 0. The van der Waals surface area contributed by atoms with Gasteiger partial charge in [-0.05, 0) is 0 Å². The van der Waals surface area contributed by atoms with Gasteiger partial charge in [0.1, 0.15) is 13.1 Å². The number of carbonyl (C=O) groups is 4. The Balaban J connectivity index is 2.03. The molecule has 2 aliphatic heterocycles. The number of rotatable bonds is 1. The van der Waals surface area contributed by atoms with Crippen LogP contribution in [-0.2, 0) is 19.2 Å². The van der Waals surface area contributed by atoms with Crippen molar-refractivity contribution in [1.29, 1.82) is 0 Å². The molecule has 0 spiro atoms. The normalized spacial score (nSPS) is 25.2. The van der Waals surface area contributed by atoms with E-state index in [1.807, 2.05) is 0 Å². The Labute approximate surface area is 97.7 Å². The first kappa shape index (κ1) is 11.6. The number of nitrogens with zero attached hydrogens (tertiary/aromatic N) is 2. The molecule has 0 aromatic rings. The lowest BCUT2D eigenvalue weighted by atomic mass is 10.1. The summed E-state index contributed by atoms with van der Waals surface area (Å²) in [5.74, 6) is -1.78. The molecular weight excluding hydrogens is 226 g/mol. The standard InChI is InChI=1S/C10H13N3O4/c1-12-3-6(2-9(12)16)10(17)13-4-7(14)11-8(15)5-13/h6H,2-5H2,1H3,(H,11,14,15). The topological polar surface area (TPSA) is 86.8 Å². The second-order valence-corrected chi connectivity index (χ2v) is 4.34. The number of nitrogens with one attached hydrogen (secondary N) is 1. The first-order valence-electron chi connectivity index (χ1n) is 5.33. The van der Waals surface area contributed by atoms with E-state index in [1.54, 1.807) is 7.05 Å². The molecule has 0 aliphatic carbocycles. The minimum atomic E-state index is -0.479. The predicted molar refractivity (Wildman–Crippen MR) is 55.5 cm³/mol. The van der Waals surface area contributed by atoms with Crippen LogP contribution in [0.3, 0.4) is 0 Å². The molecule has 0 radical (unpaired) electrons. The van der Waals surface area contributed by atoms with E-state index < -0.39 is 17.7 Å². The van der Waals surface area contributed by atoms with Gasteiger partial charge in [0.25, 0.3) is 0 Å². The van der Waals surface area contributed by atoms with E-state index in [1.165, 1.54) is 9.80 Å². The molecule has 0 aromatic heterocycles. The van der Waals surface area contributed by atoms with Gasteiger partial charge in [0, 0.05) is 20.0 Å². The van der Waals surface area contributed by atoms with Crippen molar-refractivity contribution in [3.05, 3.63) is 0 Å². The maximum Gasteiger partial charge on any atom is 0.246 e. The number of amides is 4. The average Bonchev–Trinajstić information content (AvgIpc) is 2.57. The molecule has 2 fully saturated rings. The van der Waals surface area contributed by atoms with E-state index in [-0.39, 0.29) is 31.3 Å². The maximum atomic E-state index is 12.0. The Morgan fingerprint density at radius 1 is 1.24 bits per heavy atom. The molecule has 0 bridgehead atoms. The van der Waals surface area contributed by atoms with Crippen molar-refractivity contribution in [3.8, 4) is 0 Å². The van der Waals surface area contributed by atoms with E-state index in [2.05, 4.69) is 5.32 Å². The average molecular weight is 239 g/mol. The first-order valence-corrected chi connectivity index (χ1v) is 5.33. The van der Waals surface area contributed by atoms with Crippen molar-refractivity contribution < 1.29 is 19.2 Å². The van der Waals surface area contributed by atoms with Crippen molar-refractivity contribution in [1.82, 2.24) is 15.1 Å². The molecule has 7 heteroatoms. The second-order valence-electron chi connectivity index (χ2n) is 4.34. The third-order valence-electron chi connectivity index (χ3n) is 2.95. The summed E-state index contributed by atoms with van der Waals surface area (Å²) in [5.41, 5.74) is 0. The van der Waals surface area contributed by atoms with Gasteiger partial charge < -0.3 is 9.80 Å². The van der Waals surface area contributed by atoms with E-state index in [4.69, 9.17) is 0 Å². The Kier molecular flexibility index (Phi) is 2.83. The van der Waals surface area contributed by atoms with Crippen molar-refractivity contribution in [2.24, 2.45) is 5.92 Å². The van der Waals surface area contributed by atoms with Gasteiger partial charge in [-0.2, -0.15) is 0 Å². The zero-order chi connectivity index (χ0) is 12.6. The van der Waals surface area contributed by atoms with Gasteiger partial charge in [-0.15, -0.1) is 0 Å². The van der Waals surface area contributed by atoms with Crippen LogP contribution >= 0.6 is 0 Å². The molecule has 17 heavy (non-hydrogen) atoms. The van der Waals surface area contributed by atoms with Crippen LogP contribution in [0.5, 0.6) is 0 Å². The van der Waals surface area contributed by atoms with Crippen LogP contribution in [0.2, 0.25) is 0 Å². The first-order chi connectivity index (χ1) is 7.97. The monoisotopic (exact) mass is 239 g/mol. The molecule has 7 nitrogen and oxygen atoms in total. The van der Waals surface area contributed by atoms with Crippen molar-refractivity contribution >= 4 is 23.6 Å². The summed E-state index contributed by atoms with van der Waals surface area (Å²) in [5, 5.41) is 2.12. The fourth-order valence-electron chi connectivity index (χ4n) is 2.08. The van der Waals surface area contributed by atoms with Crippen LogP contribution in [0.15, 0.2) is 0 Å². The summed E-state index contributed by atoms with van der Waals surface area (Å²) < 4.78 is 0. The van der Waals surface area contributed by atoms with Crippen LogP contribution in [-0.4, -0.2) is 60.1 Å². The predicted octanol–water partition coefficient (Wildman–Crippen LogP) is -2.05. The number of hydrogen-bond acceptors (Lipinski definition) is 4. The zero-order valence-electron chi connectivity index (χ0n) is 9.43. The largest absolute Gasteiger partial charge is 0.345 e. The van der Waals surface area contributed by atoms with Crippen LogP contribution < -0.4 is 5.32 Å². The highest BCUT2D eigenvalue weighted by Crippen LogP contribution is 2.18. The Hall–Kier alpha value is -1.92. The van der Waals surface area contributed by atoms with Crippen molar-refractivity contribution in [2.45, 2.75) is 6.42 Å². The van der Waals surface area contributed by atoms with Crippen molar-refractivity contribution in [3.63, 3.8) is 0 Å². The third-order valence-corrected chi connectivity index (χ3v) is 2.95. The number of hydrogen-bond donors (Lipinski definition) is 1. The molecule has 0 saturated carbocycles. The molecule has 92 valence electrons. The maximum absolute atomic E-state index is 12.0. The minimum Gasteiger partial charge on any atom is -0.345 e. The highest BCUT2D eigenvalue weighted by atomic mass is 16.2. The SMILES string of the molecule is CN1CC(C(=O)N2CC(=O)NC(=O)C2)CC1=O. The lowest BCUT2D eigenvalue weighted by molar-refractivity contribution is -0.147. The molecule has 1 N–H and O–H groups in total. The molecule has 1 atom stereocenters. The number of piperazine rings is 1. The smallest absolute Gasteiger partial charge is 0.246 e. The quantitative estimate of drug-likeness (QED) is 0.533. The van der Waals surface area contributed by atoms with Gasteiger partial charge >= 0.3 is 0 Å². The van der Waals surface area contributed by atoms with Gasteiger partial charge in [-0.1, -0.05) is 0 Å². The van der Waals surface area contributed by atoms with E-state index in [0.717, 1.165) is 0 Å². The summed E-state index contributed by atoms with van der Waals surface area (Å²) in [7, 11) is 1.63. The van der Waals surface area contributed by atoms with Gasteiger partial charge in [-0.25, -0.2) is 0 Å². The Morgan fingerprint density at radius 2 is 1.82 bits per heavy atom. The highest BCUT2D eigenvalue weighted by molar-refractivity contribution is 6.03. The summed E-state index contributed by atoms with van der Waals surface area (Å²) >= 11 is 0. The molecule has 2 rings (SSSR count). The Bertz CT molecular complexity index is 390. The van der Waals surface area contributed by atoms with Gasteiger partial charge in [-0.3, -0.25) is 24.5 Å². The molecule has 4 amide bonds. The van der Waals surface area contributed by atoms with Crippen LogP contribution in [0.1, 0.15) is 6.42 Å². The van der Waals surface area contributed by atoms with Crippen LogP contribution in [0, 0.1) is 5.92 Å². The molecule has 0 aromatic carbocycles. The summed E-state index contributed by atoms with van der Waals surface area (Å²) in [6.07, 6.45) is 0.154. The van der Waals surface area contributed by atoms with Crippen LogP contribution in [0.4, 0.5) is 0 Å². The van der Waals surface area contributed by atoms with Gasteiger partial charge in [0.2, 0.25) is 23.6 Å². The highest BCUT2D eigenvalue weighted by Gasteiger charge is 2.37. The fourth-order valence-corrected chi connectivity index (χ4v) is 2.08. The van der Waals surface area contributed by atoms with Gasteiger partial charge in [0.05, 0.1) is 5.92 Å². The summed E-state index contributed by atoms with van der Waals surface area (Å²) in [6.45, 7) is 0.127. The van der Waals surface area contributed by atoms with E-state index >= 15 is 0 Å². The van der Waals surface area contributed by atoms with Crippen LogP contribution in [0.25, 0.3) is 0 Å². The molecule has 2 heterocycles. The zero-order valence-corrected chi connectivity index (χ0v) is 9.43. The lowest BCUT2D eigenvalue weighted by Gasteiger charge is -2.27. The minimum absolute atomic E-state index is 0.0869. The number of carbonyl (C=O) groups excluding carboxylic acids is 4. The molecular formula is C10H13N3O4. The summed E-state index contributed by atoms with van der Waals surface area (Å²) in [4.78, 5) is 48.3. The van der Waals surface area contributed by atoms with Gasteiger partial charge in [0.15, 0.2) is 0 Å². The number of imide groups is 1. The molecule has 2 aliphatic rings. The van der Waals surface area contributed by atoms with E-state index in [9.17, 15) is 19.2 Å². The second kappa shape index (κ2) is 4.15.